The van der Waals surface area contributed by atoms with E-state index in [1.807, 2.05) is 24.4 Å². The van der Waals surface area contributed by atoms with E-state index in [9.17, 15) is 0 Å². The van der Waals surface area contributed by atoms with Gasteiger partial charge in [0.05, 0.1) is 27.6 Å². The fraction of sp³-hybridized carbons (Fsp3) is 0.121. The Bertz CT molecular complexity index is 2120. The Balaban J connectivity index is 1.62. The average Bonchev–Trinajstić information content (AvgIpc) is 3.53. The maximum atomic E-state index is 6.56. The first-order valence-corrected chi connectivity index (χ1v) is 12.5. The van der Waals surface area contributed by atoms with E-state index in [0.29, 0.717) is 0 Å². The summed E-state index contributed by atoms with van der Waals surface area (Å²) in [5.41, 5.74) is 9.08. The molecule has 8 rings (SSSR count). The highest BCUT2D eigenvalue weighted by molar-refractivity contribution is 6.33. The minimum absolute atomic E-state index is 0.0623. The third-order valence-electron chi connectivity index (χ3n) is 7.73. The number of benzene rings is 4. The molecule has 0 spiro atoms. The van der Waals surface area contributed by atoms with Crippen LogP contribution in [0.15, 0.2) is 95.5 Å². The predicted octanol–water partition coefficient (Wildman–Crippen LogP) is 9.10. The average molecular weight is 465 g/mol. The zero-order valence-electron chi connectivity index (χ0n) is 20.5. The van der Waals surface area contributed by atoms with E-state index in [-0.39, 0.29) is 5.41 Å². The Morgan fingerprint density at radius 1 is 0.694 bits per heavy atom. The molecule has 0 saturated carbocycles. The van der Waals surface area contributed by atoms with Gasteiger partial charge in [-0.25, -0.2) is 0 Å². The second-order valence-corrected chi connectivity index (χ2v) is 10.9. The topological polar surface area (TPSA) is 30.4 Å². The summed E-state index contributed by atoms with van der Waals surface area (Å²) in [6.07, 6.45) is 1.86. The number of nitrogens with zero attached hydrogens (tertiary/aromatic N) is 2. The van der Waals surface area contributed by atoms with Crippen LogP contribution in [-0.4, -0.2) is 9.38 Å². The highest BCUT2D eigenvalue weighted by Gasteiger charge is 2.24. The van der Waals surface area contributed by atoms with Gasteiger partial charge in [0.15, 0.2) is 0 Å². The number of pyridine rings is 1. The summed E-state index contributed by atoms with van der Waals surface area (Å²) in [6, 6.07) is 30.4. The van der Waals surface area contributed by atoms with Crippen molar-refractivity contribution in [2.24, 2.45) is 0 Å². The molecule has 0 fully saturated rings. The zero-order valence-corrected chi connectivity index (χ0v) is 20.5. The van der Waals surface area contributed by atoms with Crippen LogP contribution in [0.4, 0.5) is 0 Å². The van der Waals surface area contributed by atoms with Gasteiger partial charge in [-0.05, 0) is 59.5 Å². The predicted molar refractivity (Wildman–Crippen MR) is 150 cm³/mol. The Hall–Kier alpha value is -4.37. The molecule has 0 amide bonds. The molecule has 36 heavy (non-hydrogen) atoms. The van der Waals surface area contributed by atoms with Crippen LogP contribution in [0.3, 0.4) is 0 Å². The third-order valence-corrected chi connectivity index (χ3v) is 7.73. The fourth-order valence-electron chi connectivity index (χ4n) is 5.94. The van der Waals surface area contributed by atoms with Gasteiger partial charge in [-0.2, -0.15) is 0 Å². The molecule has 8 aromatic rings. The first kappa shape index (κ1) is 19.9. The van der Waals surface area contributed by atoms with Gasteiger partial charge in [-0.3, -0.25) is 4.98 Å². The van der Waals surface area contributed by atoms with Gasteiger partial charge in [-0.15, -0.1) is 0 Å². The van der Waals surface area contributed by atoms with E-state index in [4.69, 9.17) is 4.42 Å². The lowest BCUT2D eigenvalue weighted by atomic mass is 9.86. The molecule has 4 heterocycles. The molecule has 0 atom stereocenters. The highest BCUT2D eigenvalue weighted by atomic mass is 16.3. The molecule has 0 radical (unpaired) electrons. The molecule has 0 unspecified atom stereocenters. The van der Waals surface area contributed by atoms with Crippen molar-refractivity contribution in [3.8, 4) is 11.3 Å². The first-order chi connectivity index (χ1) is 17.5. The van der Waals surface area contributed by atoms with E-state index in [1.165, 1.54) is 49.0 Å². The lowest BCUT2D eigenvalue weighted by molar-refractivity contribution is 0.591. The summed E-state index contributed by atoms with van der Waals surface area (Å²) in [4.78, 5) is 4.60. The number of rotatable bonds is 1. The van der Waals surface area contributed by atoms with Gasteiger partial charge in [0, 0.05) is 38.7 Å². The molecular formula is C33H24N2O. The SMILES string of the molecule is CC(C)(C)c1ccc2c(c1)c1c3oc4ccccc4c3cc3c4cc(-c5ccccn5)ccc4n2c31. The van der Waals surface area contributed by atoms with Crippen LogP contribution in [0.1, 0.15) is 26.3 Å². The number of para-hydroxylation sites is 1. The van der Waals surface area contributed by atoms with Crippen molar-refractivity contribution < 1.29 is 4.42 Å². The Morgan fingerprint density at radius 2 is 1.50 bits per heavy atom. The normalized spacial score (nSPS) is 12.9. The lowest BCUT2D eigenvalue weighted by Gasteiger charge is -2.19. The van der Waals surface area contributed by atoms with E-state index in [1.54, 1.807) is 0 Å². The molecule has 0 bridgehead atoms. The number of hydrogen-bond acceptors (Lipinski definition) is 2. The second-order valence-electron chi connectivity index (χ2n) is 10.9. The van der Waals surface area contributed by atoms with Crippen molar-refractivity contribution in [3.63, 3.8) is 0 Å². The minimum atomic E-state index is 0.0623. The van der Waals surface area contributed by atoms with Crippen molar-refractivity contribution in [1.29, 1.82) is 0 Å². The molecule has 4 aromatic heterocycles. The van der Waals surface area contributed by atoms with E-state index < -0.39 is 0 Å². The molecule has 0 aliphatic heterocycles. The summed E-state index contributed by atoms with van der Waals surface area (Å²) in [5, 5.41) is 7.29. The van der Waals surface area contributed by atoms with Crippen molar-refractivity contribution >= 4 is 60.0 Å². The van der Waals surface area contributed by atoms with Gasteiger partial charge < -0.3 is 8.82 Å². The maximum absolute atomic E-state index is 6.56. The van der Waals surface area contributed by atoms with E-state index >= 15 is 0 Å². The number of hydrogen-bond donors (Lipinski definition) is 0. The van der Waals surface area contributed by atoms with Gasteiger partial charge in [0.1, 0.15) is 11.2 Å². The monoisotopic (exact) mass is 464 g/mol. The highest BCUT2D eigenvalue weighted by Crippen LogP contribution is 2.46. The van der Waals surface area contributed by atoms with Crippen molar-refractivity contribution in [2.75, 3.05) is 0 Å². The largest absolute Gasteiger partial charge is 0.455 e. The van der Waals surface area contributed by atoms with Crippen LogP contribution in [-0.2, 0) is 5.41 Å². The smallest absolute Gasteiger partial charge is 0.145 e. The van der Waals surface area contributed by atoms with Gasteiger partial charge >= 0.3 is 0 Å². The molecule has 172 valence electrons. The molecule has 0 N–H and O–H groups in total. The van der Waals surface area contributed by atoms with Crippen LogP contribution in [0, 0.1) is 0 Å². The summed E-state index contributed by atoms with van der Waals surface area (Å²) in [5.74, 6) is 0. The zero-order chi connectivity index (χ0) is 24.2. The second kappa shape index (κ2) is 6.64. The first-order valence-electron chi connectivity index (χ1n) is 12.5. The third kappa shape index (κ3) is 2.50. The van der Waals surface area contributed by atoms with Crippen LogP contribution in [0.2, 0.25) is 0 Å². The molecule has 0 aliphatic rings. The summed E-state index contributed by atoms with van der Waals surface area (Å²) in [7, 11) is 0. The molecule has 4 aromatic carbocycles. The number of aromatic nitrogens is 2. The van der Waals surface area contributed by atoms with Crippen molar-refractivity contribution in [1.82, 2.24) is 9.38 Å². The summed E-state index contributed by atoms with van der Waals surface area (Å²) in [6.45, 7) is 6.82. The molecule has 0 saturated heterocycles. The fourth-order valence-corrected chi connectivity index (χ4v) is 5.94. The number of fused-ring (bicyclic) bond motifs is 10. The standard InChI is InChI=1S/C33H24N2O/c1-33(2,3)20-12-14-28-25(17-20)30-31-23(18-24-21-8-4-5-10-29(21)36-32(24)30)22-16-19(11-13-27(22)35(28)31)26-9-6-7-15-34-26/h4-18H,1-3H3. The maximum Gasteiger partial charge on any atom is 0.145 e. The molecule has 3 heteroatoms. The van der Waals surface area contributed by atoms with Crippen LogP contribution in [0.25, 0.3) is 71.3 Å². The Labute approximate surface area is 207 Å². The van der Waals surface area contributed by atoms with Gasteiger partial charge in [0.25, 0.3) is 0 Å². The van der Waals surface area contributed by atoms with Crippen LogP contribution < -0.4 is 0 Å². The van der Waals surface area contributed by atoms with Gasteiger partial charge in [-0.1, -0.05) is 57.2 Å². The summed E-state index contributed by atoms with van der Waals surface area (Å²) < 4.78 is 8.99. The van der Waals surface area contributed by atoms with Gasteiger partial charge in [0.2, 0.25) is 0 Å². The minimum Gasteiger partial charge on any atom is -0.455 e. The van der Waals surface area contributed by atoms with Crippen molar-refractivity contribution in [3.05, 3.63) is 96.7 Å². The van der Waals surface area contributed by atoms with E-state index in [0.717, 1.165) is 27.8 Å². The van der Waals surface area contributed by atoms with Crippen molar-refractivity contribution in [2.45, 2.75) is 26.2 Å². The van der Waals surface area contributed by atoms with Crippen LogP contribution in [0.5, 0.6) is 0 Å². The summed E-state index contributed by atoms with van der Waals surface area (Å²) >= 11 is 0. The number of furan rings is 1. The molecule has 0 aliphatic carbocycles. The lowest BCUT2D eigenvalue weighted by Crippen LogP contribution is -2.10. The quantitative estimate of drug-likeness (QED) is 0.242. The van der Waals surface area contributed by atoms with E-state index in [2.05, 4.69) is 96.9 Å². The Kier molecular flexibility index (Phi) is 3.67. The Morgan fingerprint density at radius 3 is 2.33 bits per heavy atom. The van der Waals surface area contributed by atoms with Crippen LogP contribution >= 0.6 is 0 Å². The molecule has 3 nitrogen and oxygen atoms in total. The molecular weight excluding hydrogens is 440 g/mol.